The molecule has 4 nitrogen and oxygen atoms in total. The molecule has 0 atom stereocenters. The summed E-state index contributed by atoms with van der Waals surface area (Å²) < 4.78 is 10.4. The number of methoxy groups -OCH3 is 2. The summed E-state index contributed by atoms with van der Waals surface area (Å²) in [6.07, 6.45) is 1.55. The molecular formula is C16H19NO3. The van der Waals surface area contributed by atoms with Crippen molar-refractivity contribution in [3.05, 3.63) is 29.3 Å². The Morgan fingerprint density at radius 1 is 1.25 bits per heavy atom. The fourth-order valence-electron chi connectivity index (χ4n) is 1.65. The van der Waals surface area contributed by atoms with Gasteiger partial charge in [0.1, 0.15) is 17.6 Å². The number of hydrogen-bond acceptors (Lipinski definition) is 4. The van der Waals surface area contributed by atoms with Crippen molar-refractivity contribution >= 4 is 11.9 Å². The second-order valence-corrected chi connectivity index (χ2v) is 5.36. The zero-order valence-corrected chi connectivity index (χ0v) is 12.5. The van der Waals surface area contributed by atoms with E-state index in [2.05, 4.69) is 0 Å². The maximum Gasteiger partial charge on any atom is 0.178 e. The van der Waals surface area contributed by atoms with E-state index in [9.17, 15) is 10.1 Å². The predicted octanol–water partition coefficient (Wildman–Crippen LogP) is 3.23. The van der Waals surface area contributed by atoms with Gasteiger partial charge in [0.2, 0.25) is 0 Å². The number of ketones is 1. The number of Topliss-reactive ketones (excluding diaryl/α,β-unsaturated/α-hetero) is 1. The molecule has 0 bridgehead atoms. The highest BCUT2D eigenvalue weighted by Gasteiger charge is 2.25. The van der Waals surface area contributed by atoms with Gasteiger partial charge in [0, 0.05) is 17.0 Å². The summed E-state index contributed by atoms with van der Waals surface area (Å²) in [7, 11) is 3.10. The molecule has 0 unspecified atom stereocenters. The number of ether oxygens (including phenoxy) is 2. The third-order valence-electron chi connectivity index (χ3n) is 2.79. The third kappa shape index (κ3) is 3.61. The van der Waals surface area contributed by atoms with Crippen molar-refractivity contribution in [1.82, 2.24) is 0 Å². The van der Waals surface area contributed by atoms with Crippen LogP contribution in [0.15, 0.2) is 23.8 Å². The fraction of sp³-hybridized carbons (Fsp3) is 0.375. The molecule has 0 N–H and O–H groups in total. The van der Waals surface area contributed by atoms with Crippen molar-refractivity contribution in [2.45, 2.75) is 20.8 Å². The third-order valence-corrected chi connectivity index (χ3v) is 2.79. The second kappa shape index (κ2) is 6.25. The van der Waals surface area contributed by atoms with Gasteiger partial charge in [0.05, 0.1) is 19.8 Å². The maximum absolute atomic E-state index is 12.2. The predicted molar refractivity (Wildman–Crippen MR) is 77.6 cm³/mol. The Labute approximate surface area is 119 Å². The summed E-state index contributed by atoms with van der Waals surface area (Å²) in [6.45, 7) is 5.35. The largest absolute Gasteiger partial charge is 0.497 e. The van der Waals surface area contributed by atoms with Crippen LogP contribution in [0.4, 0.5) is 0 Å². The Bertz CT molecular complexity index is 574. The highest BCUT2D eigenvalue weighted by atomic mass is 16.5. The van der Waals surface area contributed by atoms with Crippen LogP contribution in [0.3, 0.4) is 0 Å². The average molecular weight is 273 g/mol. The van der Waals surface area contributed by atoms with Crippen molar-refractivity contribution in [1.29, 1.82) is 5.26 Å². The summed E-state index contributed by atoms with van der Waals surface area (Å²) in [5.74, 6) is 1.01. The SMILES string of the molecule is COc1ccc(/C=C(\C#N)C(=O)C(C)(C)C)c(OC)c1. The van der Waals surface area contributed by atoms with Crippen LogP contribution < -0.4 is 9.47 Å². The lowest BCUT2D eigenvalue weighted by Gasteiger charge is -2.15. The molecule has 0 fully saturated rings. The van der Waals surface area contributed by atoms with Gasteiger partial charge >= 0.3 is 0 Å². The molecule has 0 saturated carbocycles. The van der Waals surface area contributed by atoms with Crippen molar-refractivity contribution in [2.24, 2.45) is 5.41 Å². The van der Waals surface area contributed by atoms with Gasteiger partial charge in [-0.15, -0.1) is 0 Å². The average Bonchev–Trinajstić information content (AvgIpc) is 2.42. The molecule has 106 valence electrons. The summed E-state index contributed by atoms with van der Waals surface area (Å²) in [4.78, 5) is 12.2. The molecule has 1 rings (SSSR count). The van der Waals surface area contributed by atoms with Gasteiger partial charge in [-0.3, -0.25) is 4.79 Å². The smallest absolute Gasteiger partial charge is 0.178 e. The highest BCUT2D eigenvalue weighted by molar-refractivity contribution is 6.06. The number of carbonyl (C=O) groups is 1. The highest BCUT2D eigenvalue weighted by Crippen LogP contribution is 2.28. The Hall–Kier alpha value is -2.28. The molecule has 0 spiro atoms. The van der Waals surface area contributed by atoms with Gasteiger partial charge in [-0.1, -0.05) is 20.8 Å². The van der Waals surface area contributed by atoms with Gasteiger partial charge in [-0.05, 0) is 18.2 Å². The van der Waals surface area contributed by atoms with Gasteiger partial charge in [-0.2, -0.15) is 5.26 Å². The number of nitrogens with zero attached hydrogens (tertiary/aromatic N) is 1. The van der Waals surface area contributed by atoms with Gasteiger partial charge < -0.3 is 9.47 Å². The standard InChI is InChI=1S/C16H19NO3/c1-16(2,3)15(18)12(10-17)8-11-6-7-13(19-4)9-14(11)20-5/h6-9H,1-5H3/b12-8+. The molecule has 0 aromatic heterocycles. The van der Waals surface area contributed by atoms with Crippen LogP contribution in [0.2, 0.25) is 0 Å². The van der Waals surface area contributed by atoms with Crippen molar-refractivity contribution in [3.63, 3.8) is 0 Å². The quantitative estimate of drug-likeness (QED) is 0.624. The Morgan fingerprint density at radius 3 is 2.35 bits per heavy atom. The van der Waals surface area contributed by atoms with Crippen LogP contribution in [-0.4, -0.2) is 20.0 Å². The summed E-state index contributed by atoms with van der Waals surface area (Å²) in [6, 6.07) is 7.18. The first kappa shape index (κ1) is 15.8. The number of benzene rings is 1. The first-order valence-electron chi connectivity index (χ1n) is 6.22. The Morgan fingerprint density at radius 2 is 1.90 bits per heavy atom. The normalized spacial score (nSPS) is 11.7. The summed E-state index contributed by atoms with van der Waals surface area (Å²) in [5.41, 5.74) is 0.185. The molecule has 0 aliphatic carbocycles. The molecule has 1 aromatic carbocycles. The van der Waals surface area contributed by atoms with Gasteiger partial charge in [0.25, 0.3) is 0 Å². The van der Waals surface area contributed by atoms with E-state index in [1.165, 1.54) is 7.11 Å². The van der Waals surface area contributed by atoms with E-state index in [1.807, 2.05) is 6.07 Å². The molecule has 1 aromatic rings. The Balaban J connectivity index is 3.27. The zero-order valence-electron chi connectivity index (χ0n) is 12.5. The first-order chi connectivity index (χ1) is 9.33. The molecule has 0 saturated heterocycles. The van der Waals surface area contributed by atoms with E-state index in [-0.39, 0.29) is 11.4 Å². The van der Waals surface area contributed by atoms with E-state index in [0.717, 1.165) is 0 Å². The molecule has 4 heteroatoms. The minimum atomic E-state index is -0.596. The number of nitriles is 1. The Kier molecular flexibility index (Phi) is 4.93. The lowest BCUT2D eigenvalue weighted by Crippen LogP contribution is -2.21. The van der Waals surface area contributed by atoms with Crippen molar-refractivity contribution in [3.8, 4) is 17.6 Å². The van der Waals surface area contributed by atoms with Crippen molar-refractivity contribution in [2.75, 3.05) is 14.2 Å². The number of rotatable bonds is 4. The van der Waals surface area contributed by atoms with E-state index >= 15 is 0 Å². The monoisotopic (exact) mass is 273 g/mol. The number of hydrogen-bond donors (Lipinski definition) is 0. The topological polar surface area (TPSA) is 59.3 Å². The zero-order chi connectivity index (χ0) is 15.3. The van der Waals surface area contributed by atoms with Crippen LogP contribution in [0, 0.1) is 16.7 Å². The molecule has 0 heterocycles. The van der Waals surface area contributed by atoms with E-state index < -0.39 is 5.41 Å². The molecule has 0 aliphatic rings. The lowest BCUT2D eigenvalue weighted by atomic mass is 9.86. The van der Waals surface area contributed by atoms with E-state index in [1.54, 1.807) is 52.2 Å². The minimum absolute atomic E-state index is 0.112. The fourth-order valence-corrected chi connectivity index (χ4v) is 1.65. The van der Waals surface area contributed by atoms with Crippen LogP contribution >= 0.6 is 0 Å². The van der Waals surface area contributed by atoms with Crippen molar-refractivity contribution < 1.29 is 14.3 Å². The maximum atomic E-state index is 12.2. The second-order valence-electron chi connectivity index (χ2n) is 5.36. The van der Waals surface area contributed by atoms with E-state index in [0.29, 0.717) is 17.1 Å². The van der Waals surface area contributed by atoms with Gasteiger partial charge in [0.15, 0.2) is 5.78 Å². The van der Waals surface area contributed by atoms with Crippen LogP contribution in [0.1, 0.15) is 26.3 Å². The van der Waals surface area contributed by atoms with E-state index in [4.69, 9.17) is 9.47 Å². The summed E-state index contributed by atoms with van der Waals surface area (Å²) >= 11 is 0. The number of allylic oxidation sites excluding steroid dienone is 1. The van der Waals surface area contributed by atoms with Crippen LogP contribution in [0.25, 0.3) is 6.08 Å². The molecular weight excluding hydrogens is 254 g/mol. The lowest BCUT2D eigenvalue weighted by molar-refractivity contribution is -0.121. The van der Waals surface area contributed by atoms with Gasteiger partial charge in [-0.25, -0.2) is 0 Å². The first-order valence-corrected chi connectivity index (χ1v) is 6.22. The molecule has 20 heavy (non-hydrogen) atoms. The van der Waals surface area contributed by atoms with Crippen LogP contribution in [0.5, 0.6) is 11.5 Å². The minimum Gasteiger partial charge on any atom is -0.497 e. The number of carbonyl (C=O) groups excluding carboxylic acids is 1. The molecule has 0 radical (unpaired) electrons. The van der Waals surface area contributed by atoms with Crippen LogP contribution in [-0.2, 0) is 4.79 Å². The molecule has 0 amide bonds. The molecule has 0 aliphatic heterocycles. The summed E-state index contributed by atoms with van der Waals surface area (Å²) in [5, 5.41) is 9.18.